The smallest absolute Gasteiger partial charge is 0.238 e. The minimum Gasteiger partial charge on any atom is -0.348 e. The van der Waals surface area contributed by atoms with Crippen LogP contribution in [-0.2, 0) is 9.59 Å². The van der Waals surface area contributed by atoms with Gasteiger partial charge in [0.05, 0.1) is 18.6 Å². The SMILES string of the molecule is CC(NC(=O)C(C)N1CCN(CC(=O)Nc2ccc(F)cc2)CC1)c1ccccc1. The zero-order valence-corrected chi connectivity index (χ0v) is 17.5. The molecule has 30 heavy (non-hydrogen) atoms. The Labute approximate surface area is 177 Å². The molecule has 0 saturated carbocycles. The second-order valence-electron chi connectivity index (χ2n) is 7.68. The molecule has 0 aromatic heterocycles. The highest BCUT2D eigenvalue weighted by Gasteiger charge is 2.27. The summed E-state index contributed by atoms with van der Waals surface area (Å²) in [5.41, 5.74) is 1.66. The van der Waals surface area contributed by atoms with Crippen LogP contribution in [0.15, 0.2) is 54.6 Å². The van der Waals surface area contributed by atoms with Gasteiger partial charge in [-0.2, -0.15) is 0 Å². The largest absolute Gasteiger partial charge is 0.348 e. The van der Waals surface area contributed by atoms with Crippen LogP contribution in [0.25, 0.3) is 0 Å². The van der Waals surface area contributed by atoms with Crippen LogP contribution in [0.5, 0.6) is 0 Å². The summed E-state index contributed by atoms with van der Waals surface area (Å²) in [6, 6.07) is 15.4. The van der Waals surface area contributed by atoms with E-state index in [1.165, 1.54) is 12.1 Å². The summed E-state index contributed by atoms with van der Waals surface area (Å²) in [4.78, 5) is 29.1. The van der Waals surface area contributed by atoms with Crippen molar-refractivity contribution in [1.29, 1.82) is 0 Å². The van der Waals surface area contributed by atoms with Crippen molar-refractivity contribution in [2.45, 2.75) is 25.9 Å². The minimum absolute atomic E-state index is 0.00820. The Balaban J connectivity index is 1.42. The number of amides is 2. The summed E-state index contributed by atoms with van der Waals surface area (Å²) in [6.45, 7) is 7.04. The highest BCUT2D eigenvalue weighted by molar-refractivity contribution is 5.92. The third-order valence-corrected chi connectivity index (χ3v) is 5.49. The lowest BCUT2D eigenvalue weighted by atomic mass is 10.1. The van der Waals surface area contributed by atoms with Crippen molar-refractivity contribution in [2.24, 2.45) is 0 Å². The van der Waals surface area contributed by atoms with Crippen LogP contribution in [0.3, 0.4) is 0 Å². The Hall–Kier alpha value is -2.77. The third-order valence-electron chi connectivity index (χ3n) is 5.49. The number of hydrogen-bond donors (Lipinski definition) is 2. The number of piperazine rings is 1. The monoisotopic (exact) mass is 412 g/mol. The second kappa shape index (κ2) is 10.3. The zero-order chi connectivity index (χ0) is 21.5. The molecule has 6 nitrogen and oxygen atoms in total. The summed E-state index contributed by atoms with van der Waals surface area (Å²) in [6.07, 6.45) is 0. The van der Waals surface area contributed by atoms with Crippen molar-refractivity contribution in [1.82, 2.24) is 15.1 Å². The van der Waals surface area contributed by atoms with E-state index in [2.05, 4.69) is 20.4 Å². The number of carbonyl (C=O) groups excluding carboxylic acids is 2. The average molecular weight is 413 g/mol. The molecule has 0 spiro atoms. The lowest BCUT2D eigenvalue weighted by molar-refractivity contribution is -0.127. The molecule has 2 atom stereocenters. The Morgan fingerprint density at radius 2 is 1.60 bits per heavy atom. The molecule has 160 valence electrons. The molecule has 1 aliphatic rings. The normalized spacial score (nSPS) is 17.2. The zero-order valence-electron chi connectivity index (χ0n) is 17.5. The first-order valence-electron chi connectivity index (χ1n) is 10.3. The van der Waals surface area contributed by atoms with E-state index < -0.39 is 0 Å². The summed E-state index contributed by atoms with van der Waals surface area (Å²) >= 11 is 0. The molecule has 2 unspecified atom stereocenters. The van der Waals surface area contributed by atoms with E-state index in [1.807, 2.05) is 44.2 Å². The fraction of sp³-hybridized carbons (Fsp3) is 0.391. The van der Waals surface area contributed by atoms with Gasteiger partial charge in [-0.15, -0.1) is 0 Å². The Morgan fingerprint density at radius 1 is 0.967 bits per heavy atom. The number of halogens is 1. The maximum atomic E-state index is 13.0. The third kappa shape index (κ3) is 6.11. The van der Waals surface area contributed by atoms with Crippen molar-refractivity contribution < 1.29 is 14.0 Å². The van der Waals surface area contributed by atoms with Gasteiger partial charge in [-0.05, 0) is 43.7 Å². The lowest BCUT2D eigenvalue weighted by Crippen LogP contribution is -2.55. The van der Waals surface area contributed by atoms with E-state index in [0.717, 1.165) is 18.7 Å². The molecule has 0 bridgehead atoms. The molecular weight excluding hydrogens is 383 g/mol. The lowest BCUT2D eigenvalue weighted by Gasteiger charge is -2.37. The highest BCUT2D eigenvalue weighted by atomic mass is 19.1. The van der Waals surface area contributed by atoms with E-state index in [-0.39, 0.29) is 36.3 Å². The first kappa shape index (κ1) is 21.9. The van der Waals surface area contributed by atoms with Gasteiger partial charge in [0.15, 0.2) is 0 Å². The topological polar surface area (TPSA) is 64.7 Å². The van der Waals surface area contributed by atoms with Gasteiger partial charge in [0, 0.05) is 31.9 Å². The second-order valence-corrected chi connectivity index (χ2v) is 7.68. The molecule has 2 aromatic carbocycles. The number of nitrogens with zero attached hydrogens (tertiary/aromatic N) is 2. The number of carbonyl (C=O) groups is 2. The molecule has 1 fully saturated rings. The predicted molar refractivity (Wildman–Crippen MR) is 116 cm³/mol. The molecule has 0 aliphatic carbocycles. The van der Waals surface area contributed by atoms with E-state index >= 15 is 0 Å². The number of rotatable bonds is 7. The molecule has 0 radical (unpaired) electrons. The van der Waals surface area contributed by atoms with Gasteiger partial charge in [0.25, 0.3) is 0 Å². The number of benzene rings is 2. The summed E-state index contributed by atoms with van der Waals surface area (Å²) < 4.78 is 13.0. The van der Waals surface area contributed by atoms with Crippen LogP contribution in [-0.4, -0.2) is 60.4 Å². The van der Waals surface area contributed by atoms with Crippen molar-refractivity contribution in [3.05, 3.63) is 66.0 Å². The number of hydrogen-bond acceptors (Lipinski definition) is 4. The van der Waals surface area contributed by atoms with Crippen molar-refractivity contribution >= 4 is 17.5 Å². The van der Waals surface area contributed by atoms with Crippen LogP contribution in [0, 0.1) is 5.82 Å². The van der Waals surface area contributed by atoms with Gasteiger partial charge in [0.1, 0.15) is 5.82 Å². The van der Waals surface area contributed by atoms with Crippen molar-refractivity contribution in [3.8, 4) is 0 Å². The standard InChI is InChI=1S/C23H29FN4O2/c1-17(19-6-4-3-5-7-19)25-23(30)18(2)28-14-12-27(13-15-28)16-22(29)26-21-10-8-20(24)9-11-21/h3-11,17-18H,12-16H2,1-2H3,(H,25,30)(H,26,29). The molecule has 1 aliphatic heterocycles. The van der Waals surface area contributed by atoms with Gasteiger partial charge < -0.3 is 10.6 Å². The molecule has 7 heteroatoms. The fourth-order valence-corrected chi connectivity index (χ4v) is 3.57. The van der Waals surface area contributed by atoms with Crippen LogP contribution in [0.4, 0.5) is 10.1 Å². The number of nitrogens with one attached hydrogen (secondary N) is 2. The summed E-state index contributed by atoms with van der Waals surface area (Å²) in [5, 5.41) is 5.86. The van der Waals surface area contributed by atoms with Gasteiger partial charge in [-0.3, -0.25) is 19.4 Å². The van der Waals surface area contributed by atoms with Gasteiger partial charge in [-0.25, -0.2) is 4.39 Å². The molecule has 1 heterocycles. The maximum absolute atomic E-state index is 13.0. The predicted octanol–water partition coefficient (Wildman–Crippen LogP) is 2.65. The van der Waals surface area contributed by atoms with Crippen molar-refractivity contribution in [2.75, 3.05) is 38.0 Å². The first-order valence-corrected chi connectivity index (χ1v) is 10.3. The van der Waals surface area contributed by atoms with Crippen LogP contribution in [0.2, 0.25) is 0 Å². The maximum Gasteiger partial charge on any atom is 0.238 e. The van der Waals surface area contributed by atoms with Gasteiger partial charge in [0.2, 0.25) is 11.8 Å². The van der Waals surface area contributed by atoms with E-state index in [4.69, 9.17) is 0 Å². The van der Waals surface area contributed by atoms with E-state index in [9.17, 15) is 14.0 Å². The number of anilines is 1. The Morgan fingerprint density at radius 3 is 2.23 bits per heavy atom. The Kier molecular flexibility index (Phi) is 7.54. The van der Waals surface area contributed by atoms with Gasteiger partial charge >= 0.3 is 0 Å². The average Bonchev–Trinajstić information content (AvgIpc) is 2.76. The van der Waals surface area contributed by atoms with Crippen molar-refractivity contribution in [3.63, 3.8) is 0 Å². The molecule has 1 saturated heterocycles. The summed E-state index contributed by atoms with van der Waals surface area (Å²) in [7, 11) is 0. The molecule has 2 N–H and O–H groups in total. The molecule has 2 aromatic rings. The van der Waals surface area contributed by atoms with Crippen LogP contribution in [0.1, 0.15) is 25.5 Å². The minimum atomic E-state index is -0.333. The molecule has 3 rings (SSSR count). The van der Waals surface area contributed by atoms with Crippen LogP contribution >= 0.6 is 0 Å². The van der Waals surface area contributed by atoms with Crippen LogP contribution < -0.4 is 10.6 Å². The van der Waals surface area contributed by atoms with Gasteiger partial charge in [-0.1, -0.05) is 30.3 Å². The summed E-state index contributed by atoms with van der Waals surface area (Å²) in [5.74, 6) is -0.452. The Bertz CT molecular complexity index is 836. The molecule has 2 amide bonds. The quantitative estimate of drug-likeness (QED) is 0.734. The van der Waals surface area contributed by atoms with E-state index in [1.54, 1.807) is 12.1 Å². The first-order chi connectivity index (χ1) is 14.4. The van der Waals surface area contributed by atoms with E-state index in [0.29, 0.717) is 18.8 Å². The molecular formula is C23H29FN4O2. The highest BCUT2D eigenvalue weighted by Crippen LogP contribution is 2.13. The fourth-order valence-electron chi connectivity index (χ4n) is 3.57.